The summed E-state index contributed by atoms with van der Waals surface area (Å²) in [6.07, 6.45) is 0.740. The van der Waals surface area contributed by atoms with E-state index in [4.69, 9.17) is 4.98 Å². The Labute approximate surface area is 158 Å². The largest absolute Gasteiger partial charge is 0.336 e. The van der Waals surface area contributed by atoms with Crippen LogP contribution < -0.4 is 10.9 Å². The van der Waals surface area contributed by atoms with Crippen molar-refractivity contribution in [1.29, 1.82) is 0 Å². The number of hydrazine groups is 1. The van der Waals surface area contributed by atoms with Gasteiger partial charge in [-0.05, 0) is 29.4 Å². The quantitative estimate of drug-likeness (QED) is 0.816. The fourth-order valence-corrected chi connectivity index (χ4v) is 5.01. The normalized spacial score (nSPS) is 22.1. The molecule has 2 aliphatic heterocycles. The standard InChI is InChI=1S/C21H24N4O2/c1-20(2)17(21(20,3)4)19(27)25-9-8-11-14(10-25)22-13-7-5-6-12-15(13)16(11)23-24-18(12)26/h5-7,17,23H,8-10H2,1-4H3,(H,24,26). The number of pyridine rings is 1. The van der Waals surface area contributed by atoms with Gasteiger partial charge in [-0.2, -0.15) is 0 Å². The molecule has 0 unspecified atom stereocenters. The number of nitrogens with one attached hydrogen (secondary N) is 2. The molecular formula is C21H24N4O2. The van der Waals surface area contributed by atoms with Crippen molar-refractivity contribution in [1.82, 2.24) is 15.3 Å². The number of nitrogens with zero attached hydrogens (tertiary/aromatic N) is 2. The molecule has 27 heavy (non-hydrogen) atoms. The number of fused-ring (bicyclic) bond motifs is 2. The summed E-state index contributed by atoms with van der Waals surface area (Å²) < 4.78 is 0. The smallest absolute Gasteiger partial charge is 0.270 e. The van der Waals surface area contributed by atoms with Crippen LogP contribution in [-0.2, 0) is 17.8 Å². The van der Waals surface area contributed by atoms with E-state index in [9.17, 15) is 9.59 Å². The molecule has 3 aliphatic rings. The van der Waals surface area contributed by atoms with E-state index in [2.05, 4.69) is 38.5 Å². The molecule has 6 heteroatoms. The van der Waals surface area contributed by atoms with Crippen LogP contribution in [0.3, 0.4) is 0 Å². The topological polar surface area (TPSA) is 74.3 Å². The molecule has 1 aromatic carbocycles. The monoisotopic (exact) mass is 364 g/mol. The van der Waals surface area contributed by atoms with Crippen LogP contribution in [0.1, 0.15) is 49.3 Å². The minimum Gasteiger partial charge on any atom is -0.336 e. The first-order valence-corrected chi connectivity index (χ1v) is 9.53. The summed E-state index contributed by atoms with van der Waals surface area (Å²) in [5.74, 6) is 0.163. The third-order valence-corrected chi connectivity index (χ3v) is 7.30. The van der Waals surface area contributed by atoms with Crippen molar-refractivity contribution in [3.05, 3.63) is 35.0 Å². The Bertz CT molecular complexity index is 1010. The van der Waals surface area contributed by atoms with Crippen LogP contribution in [0.2, 0.25) is 0 Å². The highest BCUT2D eigenvalue weighted by molar-refractivity contribution is 6.14. The zero-order valence-electron chi connectivity index (χ0n) is 16.1. The van der Waals surface area contributed by atoms with Gasteiger partial charge in [-0.15, -0.1) is 0 Å². The number of aromatic nitrogens is 1. The van der Waals surface area contributed by atoms with Crippen LogP contribution in [0.4, 0.5) is 5.69 Å². The maximum atomic E-state index is 13.2. The molecule has 2 N–H and O–H groups in total. The zero-order chi connectivity index (χ0) is 19.1. The van der Waals surface area contributed by atoms with Crippen molar-refractivity contribution in [3.8, 4) is 0 Å². The average Bonchev–Trinajstić information content (AvgIpc) is 3.05. The number of rotatable bonds is 1. The molecule has 6 nitrogen and oxygen atoms in total. The SMILES string of the molecule is CC1(C)C(C(=O)N2CCc3c(nc4cccc5c4c3NNC5=O)C2)C1(C)C. The van der Waals surface area contributed by atoms with E-state index in [0.717, 1.165) is 34.3 Å². The van der Waals surface area contributed by atoms with E-state index < -0.39 is 0 Å². The molecule has 1 saturated carbocycles. The molecule has 1 aliphatic carbocycles. The van der Waals surface area contributed by atoms with Crippen molar-refractivity contribution in [3.63, 3.8) is 0 Å². The summed E-state index contributed by atoms with van der Waals surface area (Å²) in [4.78, 5) is 32.1. The number of benzene rings is 1. The fourth-order valence-electron chi connectivity index (χ4n) is 5.01. The zero-order valence-corrected chi connectivity index (χ0v) is 16.1. The van der Waals surface area contributed by atoms with Crippen molar-refractivity contribution in [2.24, 2.45) is 16.7 Å². The number of hydrogen-bond acceptors (Lipinski definition) is 4. The van der Waals surface area contributed by atoms with Crippen molar-refractivity contribution in [2.75, 3.05) is 12.0 Å². The van der Waals surface area contributed by atoms with Crippen LogP contribution in [0.15, 0.2) is 18.2 Å². The van der Waals surface area contributed by atoms with Gasteiger partial charge in [-0.3, -0.25) is 25.4 Å². The number of amides is 2. The number of anilines is 1. The highest BCUT2D eigenvalue weighted by Gasteiger charge is 2.68. The fraction of sp³-hybridized carbons (Fsp3) is 0.476. The summed E-state index contributed by atoms with van der Waals surface area (Å²) in [6, 6.07) is 5.61. The maximum Gasteiger partial charge on any atom is 0.270 e. The second-order valence-corrected chi connectivity index (χ2v) is 9.08. The van der Waals surface area contributed by atoms with Crippen LogP contribution in [-0.4, -0.2) is 28.2 Å². The van der Waals surface area contributed by atoms with Crippen LogP contribution in [0.25, 0.3) is 10.9 Å². The third kappa shape index (κ3) is 2.04. The summed E-state index contributed by atoms with van der Waals surface area (Å²) in [7, 11) is 0. The lowest BCUT2D eigenvalue weighted by atomic mass is 9.95. The van der Waals surface area contributed by atoms with Crippen LogP contribution in [0.5, 0.6) is 0 Å². The first-order chi connectivity index (χ1) is 12.7. The molecular weight excluding hydrogens is 340 g/mol. The maximum absolute atomic E-state index is 13.2. The summed E-state index contributed by atoms with van der Waals surface area (Å²) in [5, 5.41) is 0.879. The van der Waals surface area contributed by atoms with E-state index >= 15 is 0 Å². The first kappa shape index (κ1) is 16.5. The Hall–Kier alpha value is -2.63. The van der Waals surface area contributed by atoms with Crippen LogP contribution >= 0.6 is 0 Å². The number of carbonyl (C=O) groups is 2. The molecule has 0 atom stereocenters. The van der Waals surface area contributed by atoms with E-state index in [1.165, 1.54) is 0 Å². The van der Waals surface area contributed by atoms with Gasteiger partial charge in [0.2, 0.25) is 5.91 Å². The molecule has 0 bridgehead atoms. The Morgan fingerprint density at radius 1 is 1.19 bits per heavy atom. The average molecular weight is 364 g/mol. The van der Waals surface area contributed by atoms with Gasteiger partial charge in [0, 0.05) is 23.4 Å². The molecule has 0 radical (unpaired) electrons. The van der Waals surface area contributed by atoms with Gasteiger partial charge in [-0.1, -0.05) is 33.8 Å². The molecule has 2 aromatic rings. The van der Waals surface area contributed by atoms with E-state index in [1.807, 2.05) is 23.1 Å². The van der Waals surface area contributed by atoms with Gasteiger partial charge in [0.15, 0.2) is 0 Å². The van der Waals surface area contributed by atoms with E-state index in [0.29, 0.717) is 18.7 Å². The minimum atomic E-state index is -0.138. The van der Waals surface area contributed by atoms with Gasteiger partial charge in [-0.25, -0.2) is 0 Å². The summed E-state index contributed by atoms with van der Waals surface area (Å²) in [5.41, 5.74) is 10.3. The molecule has 5 rings (SSSR count). The van der Waals surface area contributed by atoms with Gasteiger partial charge >= 0.3 is 0 Å². The minimum absolute atomic E-state index is 0.0356. The predicted octanol–water partition coefficient (Wildman–Crippen LogP) is 2.87. The van der Waals surface area contributed by atoms with Crippen molar-refractivity contribution < 1.29 is 9.59 Å². The molecule has 3 heterocycles. The Morgan fingerprint density at radius 2 is 1.93 bits per heavy atom. The first-order valence-electron chi connectivity index (χ1n) is 9.53. The lowest BCUT2D eigenvalue weighted by Gasteiger charge is -2.32. The third-order valence-electron chi connectivity index (χ3n) is 7.30. The van der Waals surface area contributed by atoms with Gasteiger partial charge in [0.1, 0.15) is 0 Å². The Balaban J connectivity index is 1.54. The van der Waals surface area contributed by atoms with Crippen molar-refractivity contribution in [2.45, 2.75) is 40.7 Å². The molecule has 0 saturated heterocycles. The lowest BCUT2D eigenvalue weighted by molar-refractivity contribution is -0.134. The second kappa shape index (κ2) is 5.00. The molecule has 2 amide bonds. The van der Waals surface area contributed by atoms with E-state index in [1.54, 1.807) is 0 Å². The Kier molecular flexibility index (Phi) is 3.06. The molecule has 140 valence electrons. The van der Waals surface area contributed by atoms with Crippen molar-refractivity contribution >= 4 is 28.4 Å². The second-order valence-electron chi connectivity index (χ2n) is 9.08. The van der Waals surface area contributed by atoms with Crippen LogP contribution in [0, 0.1) is 16.7 Å². The summed E-state index contributed by atoms with van der Waals surface area (Å²) >= 11 is 0. The molecule has 1 fully saturated rings. The highest BCUT2D eigenvalue weighted by atomic mass is 16.2. The van der Waals surface area contributed by atoms with Gasteiger partial charge in [0.25, 0.3) is 5.91 Å². The lowest BCUT2D eigenvalue weighted by Crippen LogP contribution is -2.40. The molecule has 0 spiro atoms. The highest BCUT2D eigenvalue weighted by Crippen LogP contribution is 2.68. The number of hydrogen-bond donors (Lipinski definition) is 2. The molecule has 1 aromatic heterocycles. The Morgan fingerprint density at radius 3 is 2.63 bits per heavy atom. The van der Waals surface area contributed by atoms with Gasteiger partial charge < -0.3 is 4.90 Å². The summed E-state index contributed by atoms with van der Waals surface area (Å²) in [6.45, 7) is 9.93. The number of carbonyl (C=O) groups excluding carboxylic acids is 2. The van der Waals surface area contributed by atoms with E-state index in [-0.39, 0.29) is 28.6 Å². The predicted molar refractivity (Wildman–Crippen MR) is 103 cm³/mol. The van der Waals surface area contributed by atoms with Gasteiger partial charge in [0.05, 0.1) is 29.0 Å².